The molecular formula is C12H22N2O. The van der Waals surface area contributed by atoms with Gasteiger partial charge in [-0.1, -0.05) is 13.8 Å². The lowest BCUT2D eigenvalue weighted by Gasteiger charge is -2.24. The first-order valence-corrected chi connectivity index (χ1v) is 5.46. The molecule has 3 nitrogen and oxygen atoms in total. The lowest BCUT2D eigenvalue weighted by molar-refractivity contribution is 0.150. The van der Waals surface area contributed by atoms with Crippen molar-refractivity contribution in [2.45, 2.75) is 26.8 Å². The minimum Gasteiger partial charge on any atom is -0.385 e. The Morgan fingerprint density at radius 2 is 2.27 bits per heavy atom. The van der Waals surface area contributed by atoms with Crippen LogP contribution in [0.2, 0.25) is 0 Å². The molecule has 0 aliphatic carbocycles. The Morgan fingerprint density at radius 3 is 2.87 bits per heavy atom. The fraction of sp³-hybridized carbons (Fsp3) is 0.667. The first-order chi connectivity index (χ1) is 7.14. The molecule has 0 aromatic carbocycles. The average Bonchev–Trinajstić information content (AvgIpc) is 2.67. The second kappa shape index (κ2) is 5.93. The van der Waals surface area contributed by atoms with Crippen molar-refractivity contribution in [3.63, 3.8) is 0 Å². The Balaban J connectivity index is 2.18. The summed E-state index contributed by atoms with van der Waals surface area (Å²) in [5.41, 5.74) is 1.53. The van der Waals surface area contributed by atoms with Crippen LogP contribution in [0.4, 0.5) is 0 Å². The summed E-state index contributed by atoms with van der Waals surface area (Å²) < 4.78 is 5.10. The monoisotopic (exact) mass is 210 g/mol. The summed E-state index contributed by atoms with van der Waals surface area (Å²) in [7, 11) is 1.75. The molecule has 3 heteroatoms. The van der Waals surface area contributed by atoms with Gasteiger partial charge in [-0.3, -0.25) is 0 Å². The van der Waals surface area contributed by atoms with E-state index >= 15 is 0 Å². The maximum absolute atomic E-state index is 5.10. The average molecular weight is 210 g/mol. The second-order valence-electron chi connectivity index (χ2n) is 4.71. The first kappa shape index (κ1) is 12.3. The van der Waals surface area contributed by atoms with Gasteiger partial charge in [0, 0.05) is 38.7 Å². The number of H-pyrrole nitrogens is 1. The van der Waals surface area contributed by atoms with E-state index < -0.39 is 0 Å². The van der Waals surface area contributed by atoms with Crippen LogP contribution in [0.15, 0.2) is 18.3 Å². The van der Waals surface area contributed by atoms with Crippen LogP contribution in [0.25, 0.3) is 0 Å². The lowest BCUT2D eigenvalue weighted by Crippen LogP contribution is -2.30. The van der Waals surface area contributed by atoms with Crippen molar-refractivity contribution in [3.05, 3.63) is 24.0 Å². The van der Waals surface area contributed by atoms with Crippen LogP contribution in [0.1, 0.15) is 26.0 Å². The Hall–Kier alpha value is -0.800. The quantitative estimate of drug-likeness (QED) is 0.723. The molecule has 0 fully saturated rings. The zero-order chi connectivity index (χ0) is 11.1. The molecule has 1 aromatic heterocycles. The normalized spacial score (nSPS) is 11.9. The minimum absolute atomic E-state index is 0.294. The molecule has 0 aliphatic rings. The SMILES string of the molecule is COCCC(C)(C)CNCc1ccc[nH]1. The summed E-state index contributed by atoms with van der Waals surface area (Å²) in [5, 5.41) is 3.45. The highest BCUT2D eigenvalue weighted by Gasteiger charge is 2.16. The van der Waals surface area contributed by atoms with Crippen molar-refractivity contribution in [1.82, 2.24) is 10.3 Å². The van der Waals surface area contributed by atoms with Crippen molar-refractivity contribution in [3.8, 4) is 0 Å². The molecule has 0 saturated carbocycles. The molecule has 0 saturated heterocycles. The molecule has 0 spiro atoms. The number of ether oxygens (including phenoxy) is 1. The summed E-state index contributed by atoms with van der Waals surface area (Å²) in [5.74, 6) is 0. The van der Waals surface area contributed by atoms with E-state index in [4.69, 9.17) is 4.74 Å². The lowest BCUT2D eigenvalue weighted by atomic mass is 9.90. The standard InChI is InChI=1S/C12H22N2O/c1-12(2,6-8-15-3)10-13-9-11-5-4-7-14-11/h4-5,7,13-14H,6,8-10H2,1-3H3. The molecular weight excluding hydrogens is 188 g/mol. The summed E-state index contributed by atoms with van der Waals surface area (Å²) in [4.78, 5) is 3.18. The van der Waals surface area contributed by atoms with E-state index in [0.29, 0.717) is 5.41 Å². The molecule has 0 bridgehead atoms. The molecule has 1 rings (SSSR count). The number of aromatic nitrogens is 1. The topological polar surface area (TPSA) is 37.0 Å². The van der Waals surface area contributed by atoms with Gasteiger partial charge in [0.2, 0.25) is 0 Å². The molecule has 2 N–H and O–H groups in total. The summed E-state index contributed by atoms with van der Waals surface area (Å²) in [6, 6.07) is 4.11. The number of aromatic amines is 1. The van der Waals surface area contributed by atoms with Crippen molar-refractivity contribution in [2.24, 2.45) is 5.41 Å². The van der Waals surface area contributed by atoms with Crippen molar-refractivity contribution in [2.75, 3.05) is 20.3 Å². The maximum Gasteiger partial charge on any atom is 0.0467 e. The third-order valence-electron chi connectivity index (χ3n) is 2.56. The van der Waals surface area contributed by atoms with Gasteiger partial charge in [0.05, 0.1) is 0 Å². The van der Waals surface area contributed by atoms with Gasteiger partial charge < -0.3 is 15.0 Å². The predicted octanol–water partition coefficient (Wildman–Crippen LogP) is 2.17. The molecule has 0 atom stereocenters. The largest absolute Gasteiger partial charge is 0.385 e. The number of rotatable bonds is 7. The van der Waals surface area contributed by atoms with Crippen LogP contribution < -0.4 is 5.32 Å². The first-order valence-electron chi connectivity index (χ1n) is 5.46. The van der Waals surface area contributed by atoms with Gasteiger partial charge in [-0.15, -0.1) is 0 Å². The fourth-order valence-corrected chi connectivity index (χ4v) is 1.48. The maximum atomic E-state index is 5.10. The highest BCUT2D eigenvalue weighted by atomic mass is 16.5. The van der Waals surface area contributed by atoms with Gasteiger partial charge in [-0.25, -0.2) is 0 Å². The number of hydrogen-bond acceptors (Lipinski definition) is 2. The minimum atomic E-state index is 0.294. The van der Waals surface area contributed by atoms with E-state index in [1.165, 1.54) is 5.69 Å². The van der Waals surface area contributed by atoms with Crippen LogP contribution in [0.5, 0.6) is 0 Å². The third-order valence-corrected chi connectivity index (χ3v) is 2.56. The predicted molar refractivity (Wildman–Crippen MR) is 62.8 cm³/mol. The summed E-state index contributed by atoms with van der Waals surface area (Å²) in [6.45, 7) is 7.26. The Labute approximate surface area is 92.2 Å². The highest BCUT2D eigenvalue weighted by Crippen LogP contribution is 2.18. The van der Waals surface area contributed by atoms with Gasteiger partial charge in [-0.05, 0) is 24.0 Å². The number of hydrogen-bond donors (Lipinski definition) is 2. The van der Waals surface area contributed by atoms with E-state index in [-0.39, 0.29) is 0 Å². The van der Waals surface area contributed by atoms with E-state index in [9.17, 15) is 0 Å². The highest BCUT2D eigenvalue weighted by molar-refractivity contribution is 5.02. The summed E-state index contributed by atoms with van der Waals surface area (Å²) >= 11 is 0. The van der Waals surface area contributed by atoms with Gasteiger partial charge in [0.15, 0.2) is 0 Å². The molecule has 0 aliphatic heterocycles. The summed E-state index contributed by atoms with van der Waals surface area (Å²) in [6.07, 6.45) is 3.04. The van der Waals surface area contributed by atoms with Crippen LogP contribution in [0.3, 0.4) is 0 Å². The Kier molecular flexibility index (Phi) is 4.85. The molecule has 0 amide bonds. The number of methoxy groups -OCH3 is 1. The number of nitrogens with one attached hydrogen (secondary N) is 2. The van der Waals surface area contributed by atoms with Crippen molar-refractivity contribution in [1.29, 1.82) is 0 Å². The van der Waals surface area contributed by atoms with Gasteiger partial charge in [0.25, 0.3) is 0 Å². The second-order valence-corrected chi connectivity index (χ2v) is 4.71. The molecule has 0 unspecified atom stereocenters. The Morgan fingerprint density at radius 1 is 1.47 bits per heavy atom. The van der Waals surface area contributed by atoms with Crippen LogP contribution in [-0.4, -0.2) is 25.2 Å². The van der Waals surface area contributed by atoms with E-state index in [1.807, 2.05) is 12.3 Å². The van der Waals surface area contributed by atoms with Crippen molar-refractivity contribution >= 4 is 0 Å². The smallest absolute Gasteiger partial charge is 0.0467 e. The Bertz CT molecular complexity index is 255. The molecule has 15 heavy (non-hydrogen) atoms. The third kappa shape index (κ3) is 5.00. The zero-order valence-corrected chi connectivity index (χ0v) is 9.97. The van der Waals surface area contributed by atoms with Crippen LogP contribution in [-0.2, 0) is 11.3 Å². The van der Waals surface area contributed by atoms with Crippen LogP contribution in [0, 0.1) is 5.41 Å². The van der Waals surface area contributed by atoms with Gasteiger partial charge in [-0.2, -0.15) is 0 Å². The van der Waals surface area contributed by atoms with Gasteiger partial charge in [0.1, 0.15) is 0 Å². The van der Waals surface area contributed by atoms with Crippen molar-refractivity contribution < 1.29 is 4.74 Å². The van der Waals surface area contributed by atoms with E-state index in [0.717, 1.165) is 26.1 Å². The van der Waals surface area contributed by atoms with E-state index in [2.05, 4.69) is 30.2 Å². The molecule has 1 heterocycles. The van der Waals surface area contributed by atoms with Crippen LogP contribution >= 0.6 is 0 Å². The molecule has 1 aromatic rings. The van der Waals surface area contributed by atoms with Gasteiger partial charge >= 0.3 is 0 Å². The van der Waals surface area contributed by atoms with E-state index in [1.54, 1.807) is 7.11 Å². The molecule has 0 radical (unpaired) electrons. The zero-order valence-electron chi connectivity index (χ0n) is 9.97. The molecule has 86 valence electrons. The fourth-order valence-electron chi connectivity index (χ4n) is 1.48.